The van der Waals surface area contributed by atoms with Crippen LogP contribution in [0.15, 0.2) is 23.1 Å². The van der Waals surface area contributed by atoms with Crippen molar-refractivity contribution in [1.82, 2.24) is 13.5 Å². The lowest BCUT2D eigenvalue weighted by molar-refractivity contribution is 0.406. The molecular formula is C13H19ClN4O2S2. The van der Waals surface area contributed by atoms with E-state index in [9.17, 15) is 8.42 Å². The highest BCUT2D eigenvalue weighted by Gasteiger charge is 2.29. The predicted molar refractivity (Wildman–Crippen MR) is 89.8 cm³/mol. The average Bonchev–Trinajstić information content (AvgIpc) is 3.14. The summed E-state index contributed by atoms with van der Waals surface area (Å²) in [5, 5.41) is 0. The van der Waals surface area contributed by atoms with Gasteiger partial charge < -0.3 is 5.73 Å². The van der Waals surface area contributed by atoms with Crippen molar-refractivity contribution >= 4 is 45.2 Å². The summed E-state index contributed by atoms with van der Waals surface area (Å²) < 4.78 is 36.2. The number of aromatic nitrogens is 2. The second kappa shape index (κ2) is 7.18. The Hall–Kier alpha value is -0.800. The number of hydrogen-bond acceptors (Lipinski definition) is 6. The lowest BCUT2D eigenvalue weighted by atomic mass is 9.99. The lowest BCUT2D eigenvalue weighted by Gasteiger charge is -2.23. The van der Waals surface area contributed by atoms with Crippen LogP contribution in [0.4, 0.5) is 0 Å². The molecule has 122 valence electrons. The molecule has 3 rings (SSSR count). The van der Waals surface area contributed by atoms with Gasteiger partial charge in [0.25, 0.3) is 0 Å². The molecule has 3 N–H and O–H groups in total. The highest BCUT2D eigenvalue weighted by molar-refractivity contribution is 7.89. The molecule has 0 amide bonds. The second-order valence-electron chi connectivity index (χ2n) is 5.40. The van der Waals surface area contributed by atoms with E-state index in [1.807, 2.05) is 0 Å². The fraction of sp³-hybridized carbons (Fsp3) is 0.538. The van der Waals surface area contributed by atoms with Crippen molar-refractivity contribution < 1.29 is 8.42 Å². The van der Waals surface area contributed by atoms with Gasteiger partial charge in [0.1, 0.15) is 15.9 Å². The van der Waals surface area contributed by atoms with Gasteiger partial charge in [0.15, 0.2) is 0 Å². The van der Waals surface area contributed by atoms with Gasteiger partial charge in [0, 0.05) is 12.6 Å². The molecule has 1 aliphatic carbocycles. The van der Waals surface area contributed by atoms with Gasteiger partial charge in [-0.3, -0.25) is 0 Å². The van der Waals surface area contributed by atoms with Gasteiger partial charge >= 0.3 is 0 Å². The van der Waals surface area contributed by atoms with E-state index in [1.165, 1.54) is 0 Å². The topological polar surface area (TPSA) is 98.0 Å². The number of fused-ring (bicyclic) bond motifs is 1. The van der Waals surface area contributed by atoms with Crippen LogP contribution in [0.2, 0.25) is 0 Å². The van der Waals surface area contributed by atoms with Gasteiger partial charge in [-0.1, -0.05) is 18.9 Å². The molecule has 9 heteroatoms. The largest absolute Gasteiger partial charge is 0.329 e. The van der Waals surface area contributed by atoms with Crippen molar-refractivity contribution in [3.63, 3.8) is 0 Å². The van der Waals surface area contributed by atoms with E-state index in [-0.39, 0.29) is 23.3 Å². The first-order valence-corrected chi connectivity index (χ1v) is 9.27. The number of hydrogen-bond donors (Lipinski definition) is 2. The molecule has 1 aromatic carbocycles. The van der Waals surface area contributed by atoms with Crippen LogP contribution in [-0.4, -0.2) is 29.8 Å². The van der Waals surface area contributed by atoms with E-state index in [2.05, 4.69) is 13.5 Å². The quantitative estimate of drug-likeness (QED) is 0.846. The van der Waals surface area contributed by atoms with E-state index >= 15 is 0 Å². The Balaban J connectivity index is 0.00000176. The zero-order valence-electron chi connectivity index (χ0n) is 11.9. The van der Waals surface area contributed by atoms with Gasteiger partial charge in [0.05, 0.1) is 11.7 Å². The van der Waals surface area contributed by atoms with E-state index in [0.717, 1.165) is 37.4 Å². The minimum Gasteiger partial charge on any atom is -0.329 e. The maximum absolute atomic E-state index is 12.6. The molecule has 1 unspecified atom stereocenters. The van der Waals surface area contributed by atoms with Gasteiger partial charge in [-0.05, 0) is 30.9 Å². The summed E-state index contributed by atoms with van der Waals surface area (Å²) in [5.74, 6) is 0.331. The molecule has 1 atom stereocenters. The van der Waals surface area contributed by atoms with Crippen molar-refractivity contribution in [3.05, 3.63) is 18.2 Å². The maximum Gasteiger partial charge on any atom is 0.243 e. The molecule has 2 aromatic rings. The normalized spacial score (nSPS) is 17.5. The Kier molecular flexibility index (Phi) is 5.73. The number of halogens is 1. The summed E-state index contributed by atoms with van der Waals surface area (Å²) in [7, 11) is -3.63. The van der Waals surface area contributed by atoms with Gasteiger partial charge in [0.2, 0.25) is 10.0 Å². The summed E-state index contributed by atoms with van der Waals surface area (Å²) in [6.45, 7) is 0.315. The molecule has 0 radical (unpaired) electrons. The van der Waals surface area contributed by atoms with Crippen molar-refractivity contribution in [3.8, 4) is 0 Å². The standard InChI is InChI=1S/C13H18N4O2S2.ClH/c14-8-11(9-4-1-2-5-9)17-21(18,19)12-7-3-6-10-13(12)16-20-15-10;/h3,6-7,9,11,17H,1-2,4-5,8,14H2;1H. The fourth-order valence-electron chi connectivity index (χ4n) is 2.96. The number of rotatable bonds is 5. The highest BCUT2D eigenvalue weighted by atomic mass is 35.5. The summed E-state index contributed by atoms with van der Waals surface area (Å²) in [6.07, 6.45) is 4.36. The zero-order chi connectivity index (χ0) is 14.9. The summed E-state index contributed by atoms with van der Waals surface area (Å²) in [4.78, 5) is 0.185. The molecule has 0 spiro atoms. The Bertz CT molecular complexity index is 728. The van der Waals surface area contributed by atoms with Crippen molar-refractivity contribution in [2.24, 2.45) is 11.7 Å². The first-order valence-electron chi connectivity index (χ1n) is 7.05. The van der Waals surface area contributed by atoms with Crippen LogP contribution in [0.5, 0.6) is 0 Å². The predicted octanol–water partition coefficient (Wildman–Crippen LogP) is 1.91. The molecule has 6 nitrogen and oxygen atoms in total. The Morgan fingerprint density at radius 2 is 2.05 bits per heavy atom. The Morgan fingerprint density at radius 3 is 2.73 bits per heavy atom. The van der Waals surface area contributed by atoms with Crippen LogP contribution < -0.4 is 10.5 Å². The molecule has 22 heavy (non-hydrogen) atoms. The number of sulfonamides is 1. The zero-order valence-corrected chi connectivity index (χ0v) is 14.4. The first-order chi connectivity index (χ1) is 10.1. The van der Waals surface area contributed by atoms with Gasteiger partial charge in [-0.25, -0.2) is 13.1 Å². The van der Waals surface area contributed by atoms with Crippen molar-refractivity contribution in [2.45, 2.75) is 36.6 Å². The van der Waals surface area contributed by atoms with Crippen molar-refractivity contribution in [1.29, 1.82) is 0 Å². The van der Waals surface area contributed by atoms with E-state index in [1.54, 1.807) is 18.2 Å². The van der Waals surface area contributed by atoms with E-state index < -0.39 is 10.0 Å². The number of nitrogens with one attached hydrogen (secondary N) is 1. The number of nitrogens with two attached hydrogens (primary N) is 1. The number of benzene rings is 1. The molecule has 1 fully saturated rings. The summed E-state index contributed by atoms with van der Waals surface area (Å²) in [6, 6.07) is 4.80. The summed E-state index contributed by atoms with van der Waals surface area (Å²) in [5.41, 5.74) is 6.81. The van der Waals surface area contributed by atoms with Crippen LogP contribution in [0, 0.1) is 5.92 Å². The van der Waals surface area contributed by atoms with E-state index in [0.29, 0.717) is 23.5 Å². The molecular weight excluding hydrogens is 344 g/mol. The smallest absolute Gasteiger partial charge is 0.243 e. The number of nitrogens with zero attached hydrogens (tertiary/aromatic N) is 2. The fourth-order valence-corrected chi connectivity index (χ4v) is 5.04. The van der Waals surface area contributed by atoms with Crippen LogP contribution in [0.3, 0.4) is 0 Å². The van der Waals surface area contributed by atoms with Crippen LogP contribution in [-0.2, 0) is 10.0 Å². The third kappa shape index (κ3) is 3.41. The SMILES string of the molecule is Cl.NCC(NS(=O)(=O)c1cccc2nsnc12)C1CCCC1. The van der Waals surface area contributed by atoms with Gasteiger partial charge in [-0.15, -0.1) is 12.4 Å². The lowest BCUT2D eigenvalue weighted by Crippen LogP contribution is -2.44. The maximum atomic E-state index is 12.6. The highest BCUT2D eigenvalue weighted by Crippen LogP contribution is 2.29. The van der Waals surface area contributed by atoms with Crippen LogP contribution in [0.25, 0.3) is 11.0 Å². The third-order valence-electron chi connectivity index (χ3n) is 4.07. The van der Waals surface area contributed by atoms with Gasteiger partial charge in [-0.2, -0.15) is 8.75 Å². The minimum absolute atomic E-state index is 0. The first kappa shape index (κ1) is 17.6. The minimum atomic E-state index is -3.63. The molecule has 1 aliphatic rings. The summed E-state index contributed by atoms with van der Waals surface area (Å²) >= 11 is 1.02. The third-order valence-corrected chi connectivity index (χ3v) is 6.13. The monoisotopic (exact) mass is 362 g/mol. The average molecular weight is 363 g/mol. The van der Waals surface area contributed by atoms with Crippen LogP contribution >= 0.6 is 24.1 Å². The molecule has 0 aliphatic heterocycles. The van der Waals surface area contributed by atoms with Crippen LogP contribution in [0.1, 0.15) is 25.7 Å². The van der Waals surface area contributed by atoms with Crippen molar-refractivity contribution in [2.75, 3.05) is 6.54 Å². The molecule has 1 saturated carbocycles. The molecule has 1 heterocycles. The molecule has 0 saturated heterocycles. The molecule has 0 bridgehead atoms. The molecule has 1 aromatic heterocycles. The van der Waals surface area contributed by atoms with E-state index in [4.69, 9.17) is 5.73 Å². The Morgan fingerprint density at radius 1 is 1.32 bits per heavy atom. The Labute approximate surface area is 140 Å². The second-order valence-corrected chi connectivity index (χ2v) is 7.61.